The van der Waals surface area contributed by atoms with Crippen molar-refractivity contribution in [3.05, 3.63) is 27.8 Å². The van der Waals surface area contributed by atoms with E-state index in [4.69, 9.17) is 0 Å². The highest BCUT2D eigenvalue weighted by Crippen LogP contribution is 2.38. The van der Waals surface area contributed by atoms with Gasteiger partial charge >= 0.3 is 5.69 Å². The lowest BCUT2D eigenvalue weighted by Crippen LogP contribution is -2.15. The van der Waals surface area contributed by atoms with Crippen molar-refractivity contribution in [3.63, 3.8) is 0 Å². The second kappa shape index (κ2) is 5.21. The summed E-state index contributed by atoms with van der Waals surface area (Å²) >= 11 is 2.68. The molecule has 0 aliphatic rings. The van der Waals surface area contributed by atoms with E-state index in [0.717, 1.165) is 4.70 Å². The van der Waals surface area contributed by atoms with E-state index < -0.39 is 11.0 Å². The molecule has 1 aromatic heterocycles. The van der Waals surface area contributed by atoms with Gasteiger partial charge in [0.1, 0.15) is 0 Å². The Kier molecular flexibility index (Phi) is 3.84. The average molecular weight is 284 g/mol. The first-order valence-corrected chi connectivity index (χ1v) is 7.12. The Morgan fingerprint density at radius 2 is 2.22 bits per heavy atom. The number of hydrogen-bond acceptors (Lipinski definition) is 6. The van der Waals surface area contributed by atoms with Crippen molar-refractivity contribution in [1.29, 1.82) is 0 Å². The predicted molar refractivity (Wildman–Crippen MR) is 73.3 cm³/mol. The first-order valence-electron chi connectivity index (χ1n) is 5.36. The Balaban J connectivity index is 2.49. The normalized spacial score (nSPS) is 14.6. The molecule has 1 heterocycles. The van der Waals surface area contributed by atoms with Crippen LogP contribution in [0.2, 0.25) is 0 Å². The van der Waals surface area contributed by atoms with Crippen molar-refractivity contribution in [2.75, 3.05) is 0 Å². The molecule has 0 aliphatic carbocycles. The van der Waals surface area contributed by atoms with Gasteiger partial charge in [-0.15, -0.1) is 23.1 Å². The Labute approximate surface area is 112 Å². The number of thioether (sulfide) groups is 1. The van der Waals surface area contributed by atoms with E-state index in [0.29, 0.717) is 10.4 Å². The summed E-state index contributed by atoms with van der Waals surface area (Å²) in [7, 11) is 0. The van der Waals surface area contributed by atoms with Crippen LogP contribution in [-0.4, -0.2) is 26.4 Å². The van der Waals surface area contributed by atoms with Gasteiger partial charge in [-0.25, -0.2) is 4.98 Å². The number of nitro groups is 1. The van der Waals surface area contributed by atoms with Gasteiger partial charge in [-0.05, 0) is 19.1 Å². The van der Waals surface area contributed by atoms with Crippen molar-refractivity contribution in [2.24, 2.45) is 0 Å². The number of aliphatic hydroxyl groups is 1. The number of nitro benzene ring substituents is 1. The molecule has 2 unspecified atom stereocenters. The molecule has 96 valence electrons. The van der Waals surface area contributed by atoms with E-state index in [1.807, 2.05) is 13.0 Å². The van der Waals surface area contributed by atoms with Crippen LogP contribution in [-0.2, 0) is 0 Å². The molecule has 0 bridgehead atoms. The molecular weight excluding hydrogens is 272 g/mol. The molecule has 2 rings (SSSR count). The molecule has 5 nitrogen and oxygen atoms in total. The number of thiazole rings is 1. The Bertz CT molecular complexity index is 583. The molecule has 18 heavy (non-hydrogen) atoms. The Morgan fingerprint density at radius 3 is 2.83 bits per heavy atom. The summed E-state index contributed by atoms with van der Waals surface area (Å²) in [5.74, 6) is 0. The fraction of sp³-hybridized carbons (Fsp3) is 0.364. The summed E-state index contributed by atoms with van der Waals surface area (Å²) < 4.78 is 0.802. The largest absolute Gasteiger partial charge is 0.392 e. The van der Waals surface area contributed by atoms with Gasteiger partial charge in [-0.1, -0.05) is 6.92 Å². The minimum atomic E-state index is -0.527. The molecule has 0 radical (unpaired) electrons. The molecular formula is C11H12N2O3S2. The van der Waals surface area contributed by atoms with Crippen LogP contribution >= 0.6 is 23.1 Å². The maximum Gasteiger partial charge on any atom is 0.309 e. The number of rotatable bonds is 4. The first-order chi connectivity index (χ1) is 8.50. The summed E-state index contributed by atoms with van der Waals surface area (Å²) in [6, 6.07) is 3.55. The van der Waals surface area contributed by atoms with E-state index >= 15 is 0 Å². The number of aliphatic hydroxyl groups excluding tert-OH is 1. The van der Waals surface area contributed by atoms with Gasteiger partial charge in [-0.3, -0.25) is 10.1 Å². The molecule has 2 atom stereocenters. The first kappa shape index (κ1) is 13.3. The minimum absolute atomic E-state index is 0.0336. The molecule has 0 saturated heterocycles. The molecule has 1 N–H and O–H groups in total. The lowest BCUT2D eigenvalue weighted by atomic mass is 10.3. The van der Waals surface area contributed by atoms with Gasteiger partial charge in [0.05, 0.1) is 26.1 Å². The van der Waals surface area contributed by atoms with Crippen LogP contribution in [0, 0.1) is 10.1 Å². The van der Waals surface area contributed by atoms with Gasteiger partial charge in [-0.2, -0.15) is 0 Å². The fourth-order valence-corrected chi connectivity index (χ4v) is 3.17. The van der Waals surface area contributed by atoms with E-state index in [9.17, 15) is 15.2 Å². The second-order valence-electron chi connectivity index (χ2n) is 3.93. The van der Waals surface area contributed by atoms with Crippen molar-refractivity contribution >= 4 is 39.0 Å². The van der Waals surface area contributed by atoms with Crippen LogP contribution < -0.4 is 0 Å². The summed E-state index contributed by atoms with van der Waals surface area (Å²) in [5.41, 5.74) is 2.06. The highest BCUT2D eigenvalue weighted by atomic mass is 32.2. The number of aromatic nitrogens is 1. The van der Waals surface area contributed by atoms with Gasteiger partial charge in [0.25, 0.3) is 0 Å². The molecule has 0 saturated carbocycles. The van der Waals surface area contributed by atoms with Crippen LogP contribution in [0.3, 0.4) is 0 Å². The fourth-order valence-electron chi connectivity index (χ4n) is 1.47. The van der Waals surface area contributed by atoms with Crippen LogP contribution in [0.5, 0.6) is 0 Å². The Morgan fingerprint density at radius 1 is 1.50 bits per heavy atom. The molecule has 0 fully saturated rings. The number of benzene rings is 1. The lowest BCUT2D eigenvalue weighted by Gasteiger charge is -2.13. The topological polar surface area (TPSA) is 76.3 Å². The monoisotopic (exact) mass is 284 g/mol. The van der Waals surface area contributed by atoms with Gasteiger partial charge in [0.15, 0.2) is 5.52 Å². The second-order valence-corrected chi connectivity index (χ2v) is 6.24. The summed E-state index contributed by atoms with van der Waals surface area (Å²) in [6.07, 6.45) is -0.527. The molecule has 0 spiro atoms. The van der Waals surface area contributed by atoms with E-state index in [1.165, 1.54) is 23.1 Å². The van der Waals surface area contributed by atoms with Gasteiger partial charge < -0.3 is 5.11 Å². The molecule has 1 aromatic carbocycles. The van der Waals surface area contributed by atoms with Gasteiger partial charge in [0, 0.05) is 5.25 Å². The van der Waals surface area contributed by atoms with Crippen molar-refractivity contribution in [2.45, 2.75) is 30.1 Å². The third-order valence-electron chi connectivity index (χ3n) is 2.61. The van der Waals surface area contributed by atoms with Crippen LogP contribution in [0.1, 0.15) is 13.8 Å². The quantitative estimate of drug-likeness (QED) is 0.530. The Hall–Kier alpha value is -1.18. The van der Waals surface area contributed by atoms with Crippen molar-refractivity contribution < 1.29 is 10.0 Å². The number of nitrogens with zero attached hydrogens (tertiary/aromatic N) is 2. The zero-order valence-electron chi connectivity index (χ0n) is 9.86. The summed E-state index contributed by atoms with van der Waals surface area (Å²) in [4.78, 5) is 15.4. The third-order valence-corrected chi connectivity index (χ3v) is 4.76. The zero-order chi connectivity index (χ0) is 13.3. The smallest absolute Gasteiger partial charge is 0.309 e. The zero-order valence-corrected chi connectivity index (χ0v) is 11.5. The standard InChI is InChI=1S/C11H12N2O3S2/c1-6(14)7(2)18-9-4-3-8-10(12-5-17-8)11(9)13(15)16/h3-7,14H,1-2H3. The van der Waals surface area contributed by atoms with Crippen molar-refractivity contribution in [3.8, 4) is 0 Å². The highest BCUT2D eigenvalue weighted by Gasteiger charge is 2.23. The van der Waals surface area contributed by atoms with Crippen LogP contribution in [0.15, 0.2) is 22.5 Å². The van der Waals surface area contributed by atoms with Gasteiger partial charge in [0.2, 0.25) is 0 Å². The minimum Gasteiger partial charge on any atom is -0.392 e. The molecule has 0 amide bonds. The van der Waals surface area contributed by atoms with E-state index in [1.54, 1.807) is 18.5 Å². The van der Waals surface area contributed by atoms with E-state index in [2.05, 4.69) is 4.98 Å². The average Bonchev–Trinajstić information content (AvgIpc) is 2.75. The number of fused-ring (bicyclic) bond motifs is 1. The highest BCUT2D eigenvalue weighted by molar-refractivity contribution is 8.00. The maximum absolute atomic E-state index is 11.2. The predicted octanol–water partition coefficient (Wildman–Crippen LogP) is 3.07. The summed E-state index contributed by atoms with van der Waals surface area (Å²) in [6.45, 7) is 3.51. The lowest BCUT2D eigenvalue weighted by molar-refractivity contribution is -0.386. The van der Waals surface area contributed by atoms with Crippen molar-refractivity contribution in [1.82, 2.24) is 4.98 Å². The van der Waals surface area contributed by atoms with Crippen LogP contribution in [0.4, 0.5) is 5.69 Å². The third kappa shape index (κ3) is 2.47. The summed E-state index contributed by atoms with van der Waals surface area (Å²) in [5, 5.41) is 20.5. The van der Waals surface area contributed by atoms with E-state index in [-0.39, 0.29) is 10.9 Å². The maximum atomic E-state index is 11.2. The molecule has 0 aliphatic heterocycles. The van der Waals surface area contributed by atoms with Crippen LogP contribution in [0.25, 0.3) is 10.2 Å². The SMILES string of the molecule is CC(O)C(C)Sc1ccc2scnc2c1[N+](=O)[O-]. The molecule has 2 aromatic rings. The molecule has 7 heteroatoms. The number of hydrogen-bond donors (Lipinski definition) is 1.